The molecule has 27 heavy (non-hydrogen) atoms. The van der Waals surface area contributed by atoms with Crippen LogP contribution in [0, 0.1) is 0 Å². The van der Waals surface area contributed by atoms with Gasteiger partial charge in [0.25, 0.3) is 5.91 Å². The van der Waals surface area contributed by atoms with E-state index in [1.165, 1.54) is 0 Å². The second kappa shape index (κ2) is 10.1. The maximum atomic E-state index is 13.0. The van der Waals surface area contributed by atoms with Crippen LogP contribution in [0.25, 0.3) is 0 Å². The summed E-state index contributed by atoms with van der Waals surface area (Å²) < 4.78 is 0. The average molecular weight is 388 g/mol. The van der Waals surface area contributed by atoms with Crippen LogP contribution in [-0.4, -0.2) is 36.3 Å². The molecule has 1 fully saturated rings. The fourth-order valence-corrected chi connectivity index (χ4v) is 3.23. The Morgan fingerprint density at radius 2 is 1.78 bits per heavy atom. The molecule has 3 rings (SSSR count). The smallest absolute Gasteiger partial charge is 0.254 e. The zero-order valence-electron chi connectivity index (χ0n) is 15.3. The van der Waals surface area contributed by atoms with Crippen molar-refractivity contribution in [3.63, 3.8) is 0 Å². The van der Waals surface area contributed by atoms with E-state index in [2.05, 4.69) is 0 Å². The van der Waals surface area contributed by atoms with E-state index in [0.29, 0.717) is 31.6 Å². The van der Waals surface area contributed by atoms with Gasteiger partial charge in [-0.1, -0.05) is 30.3 Å². The quantitative estimate of drug-likeness (QED) is 0.793. The second-order valence-corrected chi connectivity index (χ2v) is 6.55. The molecule has 1 aliphatic rings. The Labute approximate surface area is 166 Å². The van der Waals surface area contributed by atoms with Crippen molar-refractivity contribution in [3.8, 4) is 0 Å². The Kier molecular flexibility index (Phi) is 7.82. The molecule has 0 spiro atoms. The normalized spacial score (nSPS) is 13.4. The molecule has 0 saturated carbocycles. The second-order valence-electron chi connectivity index (χ2n) is 6.55. The van der Waals surface area contributed by atoms with Gasteiger partial charge in [0.2, 0.25) is 5.91 Å². The lowest BCUT2D eigenvalue weighted by Crippen LogP contribution is -2.32. The standard InChI is InChI=1S/C21H25N3O2.ClH/c22-13-5-14-23(16-17-6-2-1-3-7-17)21(26)18-9-11-19(12-10-18)24-15-4-8-20(24)25;/h1-3,6-7,9-12H,4-5,8,13-16,22H2;1H. The van der Waals surface area contributed by atoms with Crippen LogP contribution in [0.1, 0.15) is 35.2 Å². The van der Waals surface area contributed by atoms with Gasteiger partial charge in [-0.25, -0.2) is 0 Å². The Hall–Kier alpha value is -2.37. The van der Waals surface area contributed by atoms with Crippen molar-refractivity contribution in [2.45, 2.75) is 25.8 Å². The molecule has 0 unspecified atom stereocenters. The molecule has 2 aromatic rings. The van der Waals surface area contributed by atoms with Crippen molar-refractivity contribution < 1.29 is 9.59 Å². The molecule has 5 nitrogen and oxygen atoms in total. The van der Waals surface area contributed by atoms with Crippen LogP contribution in [0.4, 0.5) is 5.69 Å². The number of carbonyl (C=O) groups is 2. The molecule has 144 valence electrons. The number of amides is 2. The molecular weight excluding hydrogens is 362 g/mol. The summed E-state index contributed by atoms with van der Waals surface area (Å²) in [4.78, 5) is 28.4. The molecule has 2 aromatic carbocycles. The van der Waals surface area contributed by atoms with Gasteiger partial charge in [0.1, 0.15) is 0 Å². The van der Waals surface area contributed by atoms with Crippen molar-refractivity contribution in [1.82, 2.24) is 4.90 Å². The van der Waals surface area contributed by atoms with E-state index >= 15 is 0 Å². The van der Waals surface area contributed by atoms with E-state index in [9.17, 15) is 9.59 Å². The fraction of sp³-hybridized carbons (Fsp3) is 0.333. The van der Waals surface area contributed by atoms with E-state index in [0.717, 1.165) is 30.6 Å². The highest BCUT2D eigenvalue weighted by atomic mass is 35.5. The maximum Gasteiger partial charge on any atom is 0.254 e. The minimum Gasteiger partial charge on any atom is -0.334 e. The Morgan fingerprint density at radius 1 is 1.07 bits per heavy atom. The topological polar surface area (TPSA) is 66.6 Å². The molecule has 1 aliphatic heterocycles. The minimum atomic E-state index is -0.0124. The first-order valence-electron chi connectivity index (χ1n) is 9.13. The van der Waals surface area contributed by atoms with E-state index in [-0.39, 0.29) is 24.2 Å². The van der Waals surface area contributed by atoms with Gasteiger partial charge in [-0.15, -0.1) is 12.4 Å². The van der Waals surface area contributed by atoms with E-state index in [4.69, 9.17) is 5.73 Å². The molecule has 6 heteroatoms. The maximum absolute atomic E-state index is 13.0. The SMILES string of the molecule is Cl.NCCCN(Cc1ccccc1)C(=O)c1ccc(N2CCCC2=O)cc1. The molecule has 0 aromatic heterocycles. The average Bonchev–Trinajstić information content (AvgIpc) is 3.11. The number of carbonyl (C=O) groups excluding carboxylic acids is 2. The number of nitrogens with zero attached hydrogens (tertiary/aromatic N) is 2. The Balaban J connectivity index is 0.00000261. The largest absolute Gasteiger partial charge is 0.334 e. The molecule has 2 amide bonds. The Bertz CT molecular complexity index is 750. The fourth-order valence-electron chi connectivity index (χ4n) is 3.23. The van der Waals surface area contributed by atoms with Crippen LogP contribution in [0.3, 0.4) is 0 Å². The highest BCUT2D eigenvalue weighted by molar-refractivity contribution is 5.97. The predicted molar refractivity (Wildman–Crippen MR) is 110 cm³/mol. The van der Waals surface area contributed by atoms with Crippen LogP contribution in [-0.2, 0) is 11.3 Å². The third-order valence-corrected chi connectivity index (χ3v) is 4.63. The third-order valence-electron chi connectivity index (χ3n) is 4.63. The Morgan fingerprint density at radius 3 is 2.37 bits per heavy atom. The first-order chi connectivity index (χ1) is 12.7. The number of hydrogen-bond acceptors (Lipinski definition) is 3. The third kappa shape index (κ3) is 5.31. The van der Waals surface area contributed by atoms with Crippen LogP contribution in [0.15, 0.2) is 54.6 Å². The van der Waals surface area contributed by atoms with Gasteiger partial charge in [-0.3, -0.25) is 9.59 Å². The zero-order valence-corrected chi connectivity index (χ0v) is 16.2. The predicted octanol–water partition coefficient (Wildman–Crippen LogP) is 3.23. The van der Waals surface area contributed by atoms with Gasteiger partial charge in [0.15, 0.2) is 0 Å². The molecule has 0 radical (unpaired) electrons. The monoisotopic (exact) mass is 387 g/mol. The first kappa shape index (κ1) is 20.9. The number of benzene rings is 2. The lowest BCUT2D eigenvalue weighted by Gasteiger charge is -2.23. The number of anilines is 1. The van der Waals surface area contributed by atoms with Crippen LogP contribution < -0.4 is 10.6 Å². The van der Waals surface area contributed by atoms with Crippen molar-refractivity contribution in [1.29, 1.82) is 0 Å². The first-order valence-corrected chi connectivity index (χ1v) is 9.13. The highest BCUT2D eigenvalue weighted by Crippen LogP contribution is 2.22. The number of nitrogens with two attached hydrogens (primary N) is 1. The molecule has 0 aliphatic carbocycles. The summed E-state index contributed by atoms with van der Waals surface area (Å²) in [6.45, 7) is 2.49. The lowest BCUT2D eigenvalue weighted by molar-refractivity contribution is -0.117. The minimum absolute atomic E-state index is 0. The summed E-state index contributed by atoms with van der Waals surface area (Å²) >= 11 is 0. The number of halogens is 1. The summed E-state index contributed by atoms with van der Waals surface area (Å²) in [5.41, 5.74) is 8.23. The molecule has 1 saturated heterocycles. The number of hydrogen-bond donors (Lipinski definition) is 1. The van der Waals surface area contributed by atoms with Gasteiger partial charge in [-0.05, 0) is 49.2 Å². The summed E-state index contributed by atoms with van der Waals surface area (Å²) in [6, 6.07) is 17.3. The molecule has 2 N–H and O–H groups in total. The van der Waals surface area contributed by atoms with Gasteiger partial charge in [0.05, 0.1) is 0 Å². The zero-order chi connectivity index (χ0) is 18.4. The summed E-state index contributed by atoms with van der Waals surface area (Å²) in [7, 11) is 0. The van der Waals surface area contributed by atoms with Crippen molar-refractivity contribution in [2.24, 2.45) is 5.73 Å². The molecule has 0 atom stereocenters. The van der Waals surface area contributed by atoms with E-state index < -0.39 is 0 Å². The van der Waals surface area contributed by atoms with Gasteiger partial charge >= 0.3 is 0 Å². The summed E-state index contributed by atoms with van der Waals surface area (Å²) in [6.07, 6.45) is 2.26. The van der Waals surface area contributed by atoms with Gasteiger partial charge in [0, 0.05) is 37.3 Å². The van der Waals surface area contributed by atoms with Crippen LogP contribution >= 0.6 is 12.4 Å². The van der Waals surface area contributed by atoms with Crippen molar-refractivity contribution >= 4 is 29.9 Å². The molecule has 0 bridgehead atoms. The molecule has 1 heterocycles. The van der Waals surface area contributed by atoms with Crippen LogP contribution in [0.5, 0.6) is 0 Å². The summed E-state index contributed by atoms with van der Waals surface area (Å²) in [5.74, 6) is 0.138. The van der Waals surface area contributed by atoms with E-state index in [1.807, 2.05) is 59.5 Å². The van der Waals surface area contributed by atoms with Crippen molar-refractivity contribution in [3.05, 3.63) is 65.7 Å². The van der Waals surface area contributed by atoms with Crippen molar-refractivity contribution in [2.75, 3.05) is 24.5 Å². The van der Waals surface area contributed by atoms with Gasteiger partial charge < -0.3 is 15.5 Å². The number of rotatable bonds is 7. The van der Waals surface area contributed by atoms with Crippen LogP contribution in [0.2, 0.25) is 0 Å². The lowest BCUT2D eigenvalue weighted by atomic mass is 10.1. The van der Waals surface area contributed by atoms with Gasteiger partial charge in [-0.2, -0.15) is 0 Å². The van der Waals surface area contributed by atoms with E-state index in [1.54, 1.807) is 4.90 Å². The molecular formula is C21H26ClN3O2. The highest BCUT2D eigenvalue weighted by Gasteiger charge is 2.22. The summed E-state index contributed by atoms with van der Waals surface area (Å²) in [5, 5.41) is 0.